The number of imidazole rings is 1. The molecule has 0 fully saturated rings. The third-order valence-electron chi connectivity index (χ3n) is 4.66. The molecule has 0 aliphatic heterocycles. The minimum absolute atomic E-state index is 0.137. The molecule has 1 aromatic carbocycles. The average Bonchev–Trinajstić information content (AvgIpc) is 3.31. The zero-order valence-corrected chi connectivity index (χ0v) is 17.0. The van der Waals surface area contributed by atoms with Crippen molar-refractivity contribution in [1.82, 2.24) is 14.1 Å². The molecule has 0 atom stereocenters. The molecule has 1 N–H and O–H groups in total. The lowest BCUT2D eigenvalue weighted by molar-refractivity contribution is 0.0588. The van der Waals surface area contributed by atoms with Crippen LogP contribution in [0.2, 0.25) is 5.15 Å². The molecule has 0 amide bonds. The summed E-state index contributed by atoms with van der Waals surface area (Å²) < 4.78 is 8.27. The number of carboxylic acids is 1. The van der Waals surface area contributed by atoms with E-state index in [2.05, 4.69) is 11.9 Å². The third-order valence-corrected chi connectivity index (χ3v) is 4.92. The van der Waals surface area contributed by atoms with Gasteiger partial charge in [0.1, 0.15) is 11.5 Å². The summed E-state index contributed by atoms with van der Waals surface area (Å²) in [6.45, 7) is 2.49. The number of benzene rings is 1. The van der Waals surface area contributed by atoms with Crippen LogP contribution in [0.25, 0.3) is 5.69 Å². The predicted molar refractivity (Wildman–Crippen MR) is 109 cm³/mol. The van der Waals surface area contributed by atoms with Crippen molar-refractivity contribution in [2.75, 3.05) is 7.11 Å². The van der Waals surface area contributed by atoms with Crippen LogP contribution >= 0.6 is 11.6 Å². The van der Waals surface area contributed by atoms with E-state index in [9.17, 15) is 14.7 Å². The zero-order valence-electron chi connectivity index (χ0n) is 16.3. The number of halogens is 1. The molecule has 152 valence electrons. The summed E-state index contributed by atoms with van der Waals surface area (Å²) in [5.74, 6) is -0.782. The topological polar surface area (TPSA) is 86.4 Å². The second-order valence-electron chi connectivity index (χ2n) is 6.58. The number of hydrogen-bond donors (Lipinski definition) is 1. The van der Waals surface area contributed by atoms with Gasteiger partial charge in [-0.25, -0.2) is 14.6 Å². The molecule has 0 saturated carbocycles. The lowest BCUT2D eigenvalue weighted by atomic mass is 10.2. The quantitative estimate of drug-likeness (QED) is 0.557. The van der Waals surface area contributed by atoms with E-state index in [4.69, 9.17) is 16.3 Å². The molecule has 8 heteroatoms. The number of aromatic carboxylic acids is 1. The summed E-state index contributed by atoms with van der Waals surface area (Å²) in [6.07, 6.45) is 4.33. The third kappa shape index (κ3) is 4.35. The summed E-state index contributed by atoms with van der Waals surface area (Å²) in [6, 6.07) is 10.7. The van der Waals surface area contributed by atoms with Gasteiger partial charge >= 0.3 is 11.9 Å². The molecule has 3 rings (SSSR count). The van der Waals surface area contributed by atoms with E-state index in [1.54, 1.807) is 27.5 Å². The van der Waals surface area contributed by atoms with Crippen molar-refractivity contribution < 1.29 is 19.4 Å². The number of nitrogens with zero attached hydrogens (tertiary/aromatic N) is 3. The van der Waals surface area contributed by atoms with Crippen molar-refractivity contribution in [2.45, 2.75) is 32.7 Å². The molecule has 0 aliphatic carbocycles. The minimum atomic E-state index is -0.990. The zero-order chi connectivity index (χ0) is 21.0. The number of aromatic nitrogens is 3. The van der Waals surface area contributed by atoms with Gasteiger partial charge in [0.05, 0.1) is 7.11 Å². The van der Waals surface area contributed by atoms with Crippen molar-refractivity contribution in [3.8, 4) is 5.69 Å². The van der Waals surface area contributed by atoms with Gasteiger partial charge in [0.25, 0.3) is 0 Å². The Labute approximate surface area is 173 Å². The Morgan fingerprint density at radius 2 is 1.93 bits per heavy atom. The molecule has 3 aromatic rings. The Balaban J connectivity index is 1.92. The highest BCUT2D eigenvalue weighted by Gasteiger charge is 2.22. The number of carbonyl (C=O) groups is 2. The smallest absolute Gasteiger partial charge is 0.357 e. The van der Waals surface area contributed by atoms with Crippen LogP contribution in [-0.2, 0) is 17.7 Å². The van der Waals surface area contributed by atoms with Crippen molar-refractivity contribution in [3.63, 3.8) is 0 Å². The molecule has 0 saturated heterocycles. The normalized spacial score (nSPS) is 10.9. The van der Waals surface area contributed by atoms with Crippen LogP contribution in [0.15, 0.2) is 42.6 Å². The summed E-state index contributed by atoms with van der Waals surface area (Å²) >= 11 is 6.22. The fourth-order valence-electron chi connectivity index (χ4n) is 3.18. The summed E-state index contributed by atoms with van der Waals surface area (Å²) in [7, 11) is 1.31. The van der Waals surface area contributed by atoms with Gasteiger partial charge in [-0.1, -0.05) is 37.1 Å². The SMILES string of the molecule is CCCCc1nc(Cl)c(C(=O)OC)n1Cc1ccc(-n2cccc2C(=O)O)cc1. The van der Waals surface area contributed by atoms with Gasteiger partial charge in [0.15, 0.2) is 10.8 Å². The van der Waals surface area contributed by atoms with Crippen LogP contribution in [0.4, 0.5) is 0 Å². The Bertz CT molecular complexity index is 1020. The van der Waals surface area contributed by atoms with E-state index in [1.807, 2.05) is 24.3 Å². The van der Waals surface area contributed by atoms with Crippen LogP contribution in [-0.4, -0.2) is 38.3 Å². The highest BCUT2D eigenvalue weighted by Crippen LogP contribution is 2.22. The lowest BCUT2D eigenvalue weighted by Gasteiger charge is -2.12. The molecule has 29 heavy (non-hydrogen) atoms. The highest BCUT2D eigenvalue weighted by atomic mass is 35.5. The summed E-state index contributed by atoms with van der Waals surface area (Å²) in [5, 5.41) is 9.42. The van der Waals surface area contributed by atoms with Crippen molar-refractivity contribution in [3.05, 3.63) is 70.5 Å². The number of carboxylic acid groups (broad SMARTS) is 1. The lowest BCUT2D eigenvalue weighted by Crippen LogP contribution is -2.14. The van der Waals surface area contributed by atoms with Gasteiger partial charge < -0.3 is 19.0 Å². The maximum absolute atomic E-state index is 12.2. The van der Waals surface area contributed by atoms with Crippen LogP contribution in [0.3, 0.4) is 0 Å². The van der Waals surface area contributed by atoms with E-state index < -0.39 is 11.9 Å². The standard InChI is InChI=1S/C21H22ClN3O4/c1-3-4-7-17-23-19(22)18(21(28)29-2)25(17)13-14-8-10-15(11-9-14)24-12-5-6-16(24)20(26)27/h5-6,8-12H,3-4,7,13H2,1-2H3,(H,26,27). The van der Waals surface area contributed by atoms with E-state index in [0.29, 0.717) is 13.0 Å². The van der Waals surface area contributed by atoms with Crippen molar-refractivity contribution in [2.24, 2.45) is 0 Å². The number of aryl methyl sites for hydroxylation is 1. The molecule has 7 nitrogen and oxygen atoms in total. The first-order valence-electron chi connectivity index (χ1n) is 9.29. The van der Waals surface area contributed by atoms with E-state index >= 15 is 0 Å². The van der Waals surface area contributed by atoms with E-state index in [-0.39, 0.29) is 16.5 Å². The Hall–Kier alpha value is -3.06. The number of methoxy groups -OCH3 is 1. The molecule has 0 unspecified atom stereocenters. The minimum Gasteiger partial charge on any atom is -0.477 e. The number of ether oxygens (including phenoxy) is 1. The molecule has 0 bridgehead atoms. The van der Waals surface area contributed by atoms with Gasteiger partial charge in [-0.2, -0.15) is 0 Å². The second kappa shape index (κ2) is 8.96. The van der Waals surface area contributed by atoms with Gasteiger partial charge in [0.2, 0.25) is 0 Å². The summed E-state index contributed by atoms with van der Waals surface area (Å²) in [4.78, 5) is 27.9. The van der Waals surface area contributed by atoms with Gasteiger partial charge in [0, 0.05) is 24.8 Å². The number of esters is 1. The van der Waals surface area contributed by atoms with Crippen molar-refractivity contribution in [1.29, 1.82) is 0 Å². The van der Waals surface area contributed by atoms with Gasteiger partial charge in [-0.05, 0) is 36.2 Å². The number of carbonyl (C=O) groups excluding carboxylic acids is 1. The maximum Gasteiger partial charge on any atom is 0.357 e. The molecule has 0 spiro atoms. The second-order valence-corrected chi connectivity index (χ2v) is 6.94. The highest BCUT2D eigenvalue weighted by molar-refractivity contribution is 6.32. The Kier molecular flexibility index (Phi) is 6.39. The molecule has 2 heterocycles. The fourth-order valence-corrected chi connectivity index (χ4v) is 3.46. The van der Waals surface area contributed by atoms with Gasteiger partial charge in [-0.3, -0.25) is 0 Å². The van der Waals surface area contributed by atoms with E-state index in [1.165, 1.54) is 7.11 Å². The van der Waals surface area contributed by atoms with Crippen molar-refractivity contribution >= 4 is 23.5 Å². The van der Waals surface area contributed by atoms with Crippen LogP contribution in [0, 0.1) is 0 Å². The van der Waals surface area contributed by atoms with Crippen LogP contribution in [0.1, 0.15) is 52.1 Å². The number of hydrogen-bond acceptors (Lipinski definition) is 4. The largest absolute Gasteiger partial charge is 0.477 e. The maximum atomic E-state index is 12.2. The molecule has 0 radical (unpaired) electrons. The van der Waals surface area contributed by atoms with E-state index in [0.717, 1.165) is 29.9 Å². The fraction of sp³-hybridized carbons (Fsp3) is 0.286. The van der Waals surface area contributed by atoms with Crippen LogP contribution < -0.4 is 0 Å². The Morgan fingerprint density at radius 3 is 2.55 bits per heavy atom. The average molecular weight is 416 g/mol. The first kappa shape index (κ1) is 20.7. The monoisotopic (exact) mass is 415 g/mol. The predicted octanol–water partition coefficient (Wildman–Crippen LogP) is 4.20. The molecule has 0 aliphatic rings. The Morgan fingerprint density at radius 1 is 1.21 bits per heavy atom. The number of rotatable bonds is 8. The molecular weight excluding hydrogens is 394 g/mol. The first-order chi connectivity index (χ1) is 14.0. The van der Waals surface area contributed by atoms with Crippen LogP contribution in [0.5, 0.6) is 0 Å². The first-order valence-corrected chi connectivity index (χ1v) is 9.67. The van der Waals surface area contributed by atoms with Gasteiger partial charge in [-0.15, -0.1) is 0 Å². The molecule has 2 aromatic heterocycles. The number of unbranched alkanes of at least 4 members (excludes halogenated alkanes) is 1. The molecular formula is C21H22ClN3O4. The summed E-state index contributed by atoms with van der Waals surface area (Å²) in [5.41, 5.74) is 2.09.